The van der Waals surface area contributed by atoms with Gasteiger partial charge >= 0.3 is 0 Å². The SMILES string of the molecule is CC(NCCS(N)(=O)=O)c1cnc2ccsc2c1. The molecule has 2 heterocycles. The highest BCUT2D eigenvalue weighted by atomic mass is 32.2. The van der Waals surface area contributed by atoms with Crippen molar-refractivity contribution >= 4 is 31.6 Å². The summed E-state index contributed by atoms with van der Waals surface area (Å²) >= 11 is 1.64. The van der Waals surface area contributed by atoms with E-state index in [2.05, 4.69) is 16.4 Å². The second-order valence-electron chi connectivity index (χ2n) is 4.12. The van der Waals surface area contributed by atoms with E-state index in [1.807, 2.05) is 24.6 Å². The normalized spacial score (nSPS) is 13.9. The molecule has 2 aromatic heterocycles. The molecule has 98 valence electrons. The van der Waals surface area contributed by atoms with E-state index < -0.39 is 10.0 Å². The van der Waals surface area contributed by atoms with E-state index in [0.29, 0.717) is 6.54 Å². The Hall–Kier alpha value is -1.02. The second-order valence-corrected chi connectivity index (χ2v) is 6.80. The number of sulfonamides is 1. The molecule has 1 atom stereocenters. The van der Waals surface area contributed by atoms with Crippen LogP contribution in [0.15, 0.2) is 23.7 Å². The molecular weight excluding hydrogens is 270 g/mol. The first kappa shape index (κ1) is 13.4. The lowest BCUT2D eigenvalue weighted by Gasteiger charge is -2.13. The second kappa shape index (κ2) is 5.31. The van der Waals surface area contributed by atoms with Crippen molar-refractivity contribution < 1.29 is 8.42 Å². The minimum Gasteiger partial charge on any atom is -0.309 e. The van der Waals surface area contributed by atoms with Crippen LogP contribution < -0.4 is 10.5 Å². The summed E-state index contributed by atoms with van der Waals surface area (Å²) in [6, 6.07) is 4.09. The van der Waals surface area contributed by atoms with Crippen molar-refractivity contribution in [1.29, 1.82) is 0 Å². The van der Waals surface area contributed by atoms with Crippen molar-refractivity contribution in [3.8, 4) is 0 Å². The fraction of sp³-hybridized carbons (Fsp3) is 0.364. The molecule has 2 rings (SSSR count). The lowest BCUT2D eigenvalue weighted by Crippen LogP contribution is -2.28. The lowest BCUT2D eigenvalue weighted by atomic mass is 10.1. The van der Waals surface area contributed by atoms with Gasteiger partial charge in [-0.15, -0.1) is 11.3 Å². The Labute approximate surface area is 110 Å². The van der Waals surface area contributed by atoms with Gasteiger partial charge in [0.15, 0.2) is 0 Å². The van der Waals surface area contributed by atoms with Crippen LogP contribution in [0.1, 0.15) is 18.5 Å². The Bertz CT molecular complexity index is 637. The van der Waals surface area contributed by atoms with Crippen molar-refractivity contribution in [2.75, 3.05) is 12.3 Å². The zero-order chi connectivity index (χ0) is 13.2. The largest absolute Gasteiger partial charge is 0.309 e. The number of hydrogen-bond donors (Lipinski definition) is 2. The number of thiophene rings is 1. The highest BCUT2D eigenvalue weighted by Gasteiger charge is 2.08. The molecule has 0 fully saturated rings. The smallest absolute Gasteiger partial charge is 0.210 e. The molecule has 0 aromatic carbocycles. The first-order valence-corrected chi connectivity index (χ1v) is 8.12. The van der Waals surface area contributed by atoms with Crippen LogP contribution in [0.2, 0.25) is 0 Å². The first-order chi connectivity index (χ1) is 8.46. The van der Waals surface area contributed by atoms with Gasteiger partial charge in [-0.25, -0.2) is 13.6 Å². The summed E-state index contributed by atoms with van der Waals surface area (Å²) in [5.41, 5.74) is 2.03. The van der Waals surface area contributed by atoms with Crippen molar-refractivity contribution in [2.24, 2.45) is 5.14 Å². The maximum atomic E-state index is 10.8. The predicted molar refractivity (Wildman–Crippen MR) is 74.0 cm³/mol. The Morgan fingerprint density at radius 3 is 3.06 bits per heavy atom. The Kier molecular flexibility index (Phi) is 3.96. The minimum atomic E-state index is -3.40. The standard InChI is InChI=1S/C11H15N3O2S2/c1-8(13-3-5-18(12,15)16)9-6-11-10(14-7-9)2-4-17-11/h2,4,6-8,13H,3,5H2,1H3,(H2,12,15,16). The molecule has 5 nitrogen and oxygen atoms in total. The quantitative estimate of drug-likeness (QED) is 0.865. The zero-order valence-electron chi connectivity index (χ0n) is 9.96. The molecule has 0 spiro atoms. The highest BCUT2D eigenvalue weighted by molar-refractivity contribution is 7.89. The van der Waals surface area contributed by atoms with Crippen molar-refractivity contribution in [3.63, 3.8) is 0 Å². The number of pyridine rings is 1. The Balaban J connectivity index is 2.01. The van der Waals surface area contributed by atoms with Gasteiger partial charge in [0.25, 0.3) is 0 Å². The van der Waals surface area contributed by atoms with E-state index in [1.165, 1.54) is 0 Å². The van der Waals surface area contributed by atoms with E-state index in [1.54, 1.807) is 11.3 Å². The summed E-state index contributed by atoms with van der Waals surface area (Å²) < 4.78 is 22.8. The number of aromatic nitrogens is 1. The van der Waals surface area contributed by atoms with Gasteiger partial charge in [0, 0.05) is 18.8 Å². The minimum absolute atomic E-state index is 0.0470. The van der Waals surface area contributed by atoms with E-state index in [9.17, 15) is 8.42 Å². The summed E-state index contributed by atoms with van der Waals surface area (Å²) in [5, 5.41) is 10.1. The molecule has 0 aliphatic rings. The average Bonchev–Trinajstić information content (AvgIpc) is 2.73. The van der Waals surface area contributed by atoms with Crippen LogP contribution in [0.3, 0.4) is 0 Å². The van der Waals surface area contributed by atoms with Crippen LogP contribution >= 0.6 is 11.3 Å². The topological polar surface area (TPSA) is 85.1 Å². The summed E-state index contributed by atoms with van der Waals surface area (Å²) in [6.45, 7) is 2.31. The van der Waals surface area contributed by atoms with E-state index in [-0.39, 0.29) is 11.8 Å². The molecule has 0 radical (unpaired) electrons. The Morgan fingerprint density at radius 1 is 1.56 bits per heavy atom. The molecule has 18 heavy (non-hydrogen) atoms. The number of primary sulfonamides is 1. The fourth-order valence-corrected chi connectivity index (χ4v) is 2.83. The molecule has 7 heteroatoms. The maximum absolute atomic E-state index is 10.8. The fourth-order valence-electron chi connectivity index (χ4n) is 1.63. The molecule has 0 saturated heterocycles. The van der Waals surface area contributed by atoms with E-state index in [4.69, 9.17) is 5.14 Å². The van der Waals surface area contributed by atoms with E-state index in [0.717, 1.165) is 15.8 Å². The number of nitrogens with zero attached hydrogens (tertiary/aromatic N) is 1. The van der Waals surface area contributed by atoms with Gasteiger partial charge in [-0.05, 0) is 30.0 Å². The molecule has 0 aliphatic heterocycles. The maximum Gasteiger partial charge on any atom is 0.210 e. The van der Waals surface area contributed by atoms with E-state index >= 15 is 0 Å². The van der Waals surface area contributed by atoms with Crippen molar-refractivity contribution in [2.45, 2.75) is 13.0 Å². The molecule has 0 bridgehead atoms. The summed E-state index contributed by atoms with van der Waals surface area (Å²) in [6.07, 6.45) is 1.81. The lowest BCUT2D eigenvalue weighted by molar-refractivity contribution is 0.573. The third-order valence-corrected chi connectivity index (χ3v) is 4.29. The highest BCUT2D eigenvalue weighted by Crippen LogP contribution is 2.22. The van der Waals surface area contributed by atoms with Gasteiger partial charge in [0.2, 0.25) is 10.0 Å². The van der Waals surface area contributed by atoms with Crippen LogP contribution in [0.5, 0.6) is 0 Å². The molecule has 0 saturated carbocycles. The zero-order valence-corrected chi connectivity index (χ0v) is 11.6. The third kappa shape index (κ3) is 3.49. The Morgan fingerprint density at radius 2 is 2.33 bits per heavy atom. The van der Waals surface area contributed by atoms with Gasteiger partial charge in [-0.3, -0.25) is 4.98 Å². The number of nitrogens with one attached hydrogen (secondary N) is 1. The van der Waals surface area contributed by atoms with Crippen LogP contribution in [0.25, 0.3) is 10.2 Å². The van der Waals surface area contributed by atoms with Gasteiger partial charge in [0.05, 0.1) is 16.0 Å². The molecule has 0 aliphatic carbocycles. The van der Waals surface area contributed by atoms with Gasteiger partial charge < -0.3 is 5.32 Å². The molecular formula is C11H15N3O2S2. The van der Waals surface area contributed by atoms with Crippen molar-refractivity contribution in [3.05, 3.63) is 29.3 Å². The van der Waals surface area contributed by atoms with Crippen LogP contribution in [-0.4, -0.2) is 25.7 Å². The average molecular weight is 285 g/mol. The van der Waals surface area contributed by atoms with Gasteiger partial charge in [-0.1, -0.05) is 0 Å². The first-order valence-electron chi connectivity index (χ1n) is 5.53. The summed E-state index contributed by atoms with van der Waals surface area (Å²) in [4.78, 5) is 4.35. The molecule has 2 aromatic rings. The molecule has 3 N–H and O–H groups in total. The third-order valence-electron chi connectivity index (χ3n) is 2.66. The summed E-state index contributed by atoms with van der Waals surface area (Å²) in [7, 11) is -3.40. The number of hydrogen-bond acceptors (Lipinski definition) is 5. The predicted octanol–water partition coefficient (Wildman–Crippen LogP) is 1.24. The number of rotatable bonds is 5. The number of nitrogens with two attached hydrogens (primary N) is 1. The molecule has 0 amide bonds. The van der Waals surface area contributed by atoms with Gasteiger partial charge in [0.1, 0.15) is 0 Å². The van der Waals surface area contributed by atoms with Crippen LogP contribution in [0.4, 0.5) is 0 Å². The molecule has 1 unspecified atom stereocenters. The summed E-state index contributed by atoms with van der Waals surface area (Å²) in [5.74, 6) is -0.0635. The number of fused-ring (bicyclic) bond motifs is 1. The van der Waals surface area contributed by atoms with Crippen LogP contribution in [0, 0.1) is 0 Å². The van der Waals surface area contributed by atoms with Crippen molar-refractivity contribution in [1.82, 2.24) is 10.3 Å². The van der Waals surface area contributed by atoms with Crippen LogP contribution in [-0.2, 0) is 10.0 Å². The monoisotopic (exact) mass is 285 g/mol. The van der Waals surface area contributed by atoms with Gasteiger partial charge in [-0.2, -0.15) is 0 Å².